The molecule has 0 radical (unpaired) electrons. The predicted molar refractivity (Wildman–Crippen MR) is 65.5 cm³/mol. The normalized spacial score (nSPS) is 14.9. The van der Waals surface area contributed by atoms with Gasteiger partial charge in [0, 0.05) is 5.69 Å². The molecule has 2 nitrogen and oxygen atoms in total. The molecule has 1 aliphatic rings. The lowest BCUT2D eigenvalue weighted by Gasteiger charge is -2.28. The van der Waals surface area contributed by atoms with Gasteiger partial charge in [-0.1, -0.05) is 19.9 Å². The molecule has 1 saturated heterocycles. The molecule has 2 heteroatoms. The van der Waals surface area contributed by atoms with Crippen molar-refractivity contribution in [2.45, 2.75) is 33.7 Å². The van der Waals surface area contributed by atoms with Gasteiger partial charge in [-0.15, -0.1) is 0 Å². The van der Waals surface area contributed by atoms with Crippen LogP contribution >= 0.6 is 0 Å². The van der Waals surface area contributed by atoms with Crippen LogP contribution in [-0.4, -0.2) is 19.3 Å². The van der Waals surface area contributed by atoms with Crippen LogP contribution in [0.3, 0.4) is 0 Å². The van der Waals surface area contributed by atoms with Crippen LogP contribution in [0.15, 0.2) is 18.2 Å². The Hall–Kier alpha value is -1.02. The number of benzene rings is 1. The minimum Gasteiger partial charge on any atom is -0.378 e. The molecule has 0 spiro atoms. The summed E-state index contributed by atoms with van der Waals surface area (Å²) in [5, 5.41) is 3.42. The number of hydrogen-bond acceptors (Lipinski definition) is 2. The zero-order chi connectivity index (χ0) is 11.3. The molecular weight excluding hydrogens is 186 g/mol. The molecular formula is C13H21NO. The summed E-state index contributed by atoms with van der Waals surface area (Å²) in [6.07, 6.45) is 0. The lowest BCUT2D eigenvalue weighted by molar-refractivity contribution is 0.0211. The van der Waals surface area contributed by atoms with Gasteiger partial charge >= 0.3 is 0 Å². The monoisotopic (exact) mass is 207 g/mol. The molecule has 0 amide bonds. The van der Waals surface area contributed by atoms with E-state index in [1.54, 1.807) is 0 Å². The van der Waals surface area contributed by atoms with Gasteiger partial charge in [-0.25, -0.2) is 0 Å². The summed E-state index contributed by atoms with van der Waals surface area (Å²) < 4.78 is 5.10. The maximum atomic E-state index is 5.10. The van der Waals surface area contributed by atoms with Gasteiger partial charge in [-0.2, -0.15) is 0 Å². The average molecular weight is 207 g/mol. The summed E-state index contributed by atoms with van der Waals surface area (Å²) >= 11 is 0. The van der Waals surface area contributed by atoms with E-state index in [4.69, 9.17) is 4.74 Å². The Balaban J connectivity index is 0.000000531. The molecule has 0 bridgehead atoms. The Bertz CT molecular complexity index is 305. The second-order valence-electron chi connectivity index (χ2n) is 3.68. The van der Waals surface area contributed by atoms with Gasteiger partial charge in [-0.05, 0) is 37.1 Å². The highest BCUT2D eigenvalue weighted by molar-refractivity contribution is 5.49. The fraction of sp³-hybridized carbons (Fsp3) is 0.538. The van der Waals surface area contributed by atoms with E-state index < -0.39 is 0 Å². The lowest BCUT2D eigenvalue weighted by atomic mass is 10.1. The van der Waals surface area contributed by atoms with Gasteiger partial charge in [0.2, 0.25) is 0 Å². The Labute approximate surface area is 92.6 Å². The van der Waals surface area contributed by atoms with Gasteiger partial charge < -0.3 is 10.1 Å². The summed E-state index contributed by atoms with van der Waals surface area (Å²) in [5.41, 5.74) is 3.89. The standard InChI is InChI=1S/C11H15NO.C2H6/c1-8-3-4-10(5-9(8)2)12-11-6-13-7-11;1-2/h3-5,11-12H,6-7H2,1-2H3;1-2H3. The van der Waals surface area contributed by atoms with Crippen LogP contribution in [0.2, 0.25) is 0 Å². The van der Waals surface area contributed by atoms with Gasteiger partial charge in [-0.3, -0.25) is 0 Å². The first-order chi connectivity index (χ1) is 7.25. The summed E-state index contributed by atoms with van der Waals surface area (Å²) in [6, 6.07) is 6.98. The largest absolute Gasteiger partial charge is 0.378 e. The molecule has 1 aromatic carbocycles. The molecule has 1 aromatic rings. The van der Waals surface area contributed by atoms with Crippen molar-refractivity contribution in [1.82, 2.24) is 0 Å². The first-order valence-electron chi connectivity index (χ1n) is 5.67. The van der Waals surface area contributed by atoms with Crippen molar-refractivity contribution in [2.24, 2.45) is 0 Å². The highest BCUT2D eigenvalue weighted by Gasteiger charge is 2.17. The molecule has 1 aliphatic heterocycles. The van der Waals surface area contributed by atoms with Crippen LogP contribution in [0.25, 0.3) is 0 Å². The summed E-state index contributed by atoms with van der Waals surface area (Å²) in [4.78, 5) is 0. The van der Waals surface area contributed by atoms with Crippen molar-refractivity contribution < 1.29 is 4.74 Å². The third kappa shape index (κ3) is 3.24. The molecule has 1 fully saturated rings. The van der Waals surface area contributed by atoms with E-state index in [9.17, 15) is 0 Å². The van der Waals surface area contributed by atoms with Gasteiger partial charge in [0.05, 0.1) is 19.3 Å². The third-order valence-corrected chi connectivity index (χ3v) is 2.52. The summed E-state index contributed by atoms with van der Waals surface area (Å²) in [5.74, 6) is 0. The topological polar surface area (TPSA) is 21.3 Å². The molecule has 0 atom stereocenters. The molecule has 84 valence electrons. The smallest absolute Gasteiger partial charge is 0.0728 e. The van der Waals surface area contributed by atoms with E-state index in [1.807, 2.05) is 13.8 Å². The molecule has 2 rings (SSSR count). The van der Waals surface area contributed by atoms with Gasteiger partial charge in [0.25, 0.3) is 0 Å². The van der Waals surface area contributed by atoms with Gasteiger partial charge in [0.1, 0.15) is 0 Å². The number of anilines is 1. The highest BCUT2D eigenvalue weighted by atomic mass is 16.5. The van der Waals surface area contributed by atoms with E-state index in [2.05, 4.69) is 37.4 Å². The second-order valence-corrected chi connectivity index (χ2v) is 3.68. The zero-order valence-electron chi connectivity index (χ0n) is 10.1. The number of rotatable bonds is 2. The van der Waals surface area contributed by atoms with Crippen molar-refractivity contribution >= 4 is 5.69 Å². The van der Waals surface area contributed by atoms with Gasteiger partial charge in [0.15, 0.2) is 0 Å². The Morgan fingerprint density at radius 3 is 2.27 bits per heavy atom. The summed E-state index contributed by atoms with van der Waals surface area (Å²) in [6.45, 7) is 9.95. The zero-order valence-corrected chi connectivity index (χ0v) is 10.1. The van der Waals surface area contributed by atoms with Crippen molar-refractivity contribution in [2.75, 3.05) is 18.5 Å². The van der Waals surface area contributed by atoms with E-state index in [0.29, 0.717) is 6.04 Å². The van der Waals surface area contributed by atoms with Crippen molar-refractivity contribution in [3.63, 3.8) is 0 Å². The van der Waals surface area contributed by atoms with E-state index in [0.717, 1.165) is 13.2 Å². The van der Waals surface area contributed by atoms with Crippen LogP contribution in [0.5, 0.6) is 0 Å². The average Bonchev–Trinajstić information content (AvgIpc) is 2.20. The minimum atomic E-state index is 0.516. The van der Waals surface area contributed by atoms with Crippen LogP contribution in [0.1, 0.15) is 25.0 Å². The third-order valence-electron chi connectivity index (χ3n) is 2.52. The fourth-order valence-corrected chi connectivity index (χ4v) is 1.39. The fourth-order valence-electron chi connectivity index (χ4n) is 1.39. The Morgan fingerprint density at radius 2 is 1.80 bits per heavy atom. The second kappa shape index (κ2) is 5.76. The lowest BCUT2D eigenvalue weighted by Crippen LogP contribution is -2.40. The molecule has 0 aliphatic carbocycles. The first-order valence-corrected chi connectivity index (χ1v) is 5.67. The molecule has 1 N–H and O–H groups in total. The molecule has 0 saturated carbocycles. The minimum absolute atomic E-state index is 0.516. The maximum Gasteiger partial charge on any atom is 0.0728 e. The predicted octanol–water partition coefficient (Wildman–Crippen LogP) is 3.14. The van der Waals surface area contributed by atoms with Crippen LogP contribution in [0.4, 0.5) is 5.69 Å². The Kier molecular flexibility index (Phi) is 4.63. The van der Waals surface area contributed by atoms with E-state index in [-0.39, 0.29) is 0 Å². The Morgan fingerprint density at radius 1 is 1.13 bits per heavy atom. The van der Waals surface area contributed by atoms with Crippen molar-refractivity contribution in [3.05, 3.63) is 29.3 Å². The molecule has 0 unspecified atom stereocenters. The number of ether oxygens (including phenoxy) is 1. The first kappa shape index (κ1) is 12.1. The number of hydrogen-bond donors (Lipinski definition) is 1. The van der Waals surface area contributed by atoms with E-state index in [1.165, 1.54) is 16.8 Å². The van der Waals surface area contributed by atoms with Crippen molar-refractivity contribution in [1.29, 1.82) is 0 Å². The van der Waals surface area contributed by atoms with Crippen molar-refractivity contribution in [3.8, 4) is 0 Å². The maximum absolute atomic E-state index is 5.10. The van der Waals surface area contributed by atoms with Crippen LogP contribution in [0, 0.1) is 13.8 Å². The van der Waals surface area contributed by atoms with Crippen LogP contribution < -0.4 is 5.32 Å². The molecule has 0 aromatic heterocycles. The summed E-state index contributed by atoms with van der Waals surface area (Å²) in [7, 11) is 0. The van der Waals surface area contributed by atoms with E-state index >= 15 is 0 Å². The van der Waals surface area contributed by atoms with Crippen LogP contribution in [-0.2, 0) is 4.74 Å². The number of aryl methyl sites for hydroxylation is 2. The quantitative estimate of drug-likeness (QED) is 0.804. The SMILES string of the molecule is CC.Cc1ccc(NC2COC2)cc1C. The molecule has 15 heavy (non-hydrogen) atoms. The number of nitrogens with one attached hydrogen (secondary N) is 1. The molecule has 1 heterocycles. The highest BCUT2D eigenvalue weighted by Crippen LogP contribution is 2.16.